The molecule has 0 unspecified atom stereocenters. The fourth-order valence-corrected chi connectivity index (χ4v) is 5.72. The first-order chi connectivity index (χ1) is 19.2. The minimum atomic E-state index is -5.09. The summed E-state index contributed by atoms with van der Waals surface area (Å²) in [5.41, 5.74) is -4.37. The predicted molar refractivity (Wildman–Crippen MR) is 140 cm³/mol. The number of amides is 2. The molecule has 2 fully saturated rings. The van der Waals surface area contributed by atoms with Crippen LogP contribution in [0.3, 0.4) is 0 Å². The van der Waals surface area contributed by atoms with Crippen molar-refractivity contribution in [1.82, 2.24) is 9.88 Å². The SMILES string of the molecule is O=C(c1cc(C(F)(F)F)cc(C(F)(F)F)c1)N1CCC2(CC1)C(=O)N(c1ncc(Cl)cc1Cl)CN2c1ccccc1. The van der Waals surface area contributed by atoms with Gasteiger partial charge in [-0.05, 0) is 49.2 Å². The highest BCUT2D eigenvalue weighted by molar-refractivity contribution is 6.36. The van der Waals surface area contributed by atoms with Gasteiger partial charge in [0.05, 0.1) is 21.2 Å². The molecule has 0 aliphatic carbocycles. The van der Waals surface area contributed by atoms with Crippen molar-refractivity contribution in [2.75, 3.05) is 29.6 Å². The van der Waals surface area contributed by atoms with Crippen molar-refractivity contribution >= 4 is 46.5 Å². The van der Waals surface area contributed by atoms with Gasteiger partial charge in [-0.15, -0.1) is 0 Å². The smallest absolute Gasteiger partial charge is 0.338 e. The zero-order valence-electron chi connectivity index (χ0n) is 20.9. The Balaban J connectivity index is 1.46. The van der Waals surface area contributed by atoms with Crippen LogP contribution in [-0.4, -0.2) is 47.0 Å². The van der Waals surface area contributed by atoms with Gasteiger partial charge in [-0.1, -0.05) is 41.4 Å². The number of nitrogens with zero attached hydrogens (tertiary/aromatic N) is 4. The number of hydrogen-bond donors (Lipinski definition) is 0. The van der Waals surface area contributed by atoms with Gasteiger partial charge in [0.25, 0.3) is 11.8 Å². The molecular weight excluding hydrogens is 597 g/mol. The molecule has 0 bridgehead atoms. The number of piperidine rings is 1. The summed E-state index contributed by atoms with van der Waals surface area (Å²) in [6, 6.07) is 11.2. The van der Waals surface area contributed by atoms with Crippen LogP contribution in [-0.2, 0) is 17.1 Å². The average molecular weight is 617 g/mol. The molecule has 216 valence electrons. The zero-order chi connectivity index (χ0) is 29.7. The molecule has 14 heteroatoms. The van der Waals surface area contributed by atoms with E-state index >= 15 is 0 Å². The standard InChI is InChI=1S/C27H20Cl2F6N4O2/c28-19-13-21(29)22(36-14-19)38-15-39(20-4-2-1-3-5-20)25(24(38)41)6-8-37(9-7-25)23(40)16-10-17(26(30,31)32)12-18(11-16)27(33,34)35/h1-5,10-14H,6-9,15H2. The molecule has 0 radical (unpaired) electrons. The summed E-state index contributed by atoms with van der Waals surface area (Å²) in [4.78, 5) is 35.8. The molecule has 0 N–H and O–H groups in total. The summed E-state index contributed by atoms with van der Waals surface area (Å²) < 4.78 is 80.1. The number of anilines is 2. The van der Waals surface area contributed by atoms with E-state index in [0.29, 0.717) is 17.8 Å². The molecule has 2 aromatic carbocycles. The number of benzene rings is 2. The van der Waals surface area contributed by atoms with Gasteiger partial charge in [-0.2, -0.15) is 26.3 Å². The van der Waals surface area contributed by atoms with E-state index in [1.165, 1.54) is 17.2 Å². The lowest BCUT2D eigenvalue weighted by molar-refractivity contribution is -0.143. The van der Waals surface area contributed by atoms with E-state index in [4.69, 9.17) is 23.2 Å². The molecule has 0 saturated carbocycles. The summed E-state index contributed by atoms with van der Waals surface area (Å²) in [6.45, 7) is -0.129. The highest BCUT2D eigenvalue weighted by atomic mass is 35.5. The normalized spacial score (nSPS) is 17.5. The van der Waals surface area contributed by atoms with Gasteiger partial charge >= 0.3 is 12.4 Å². The van der Waals surface area contributed by atoms with Crippen molar-refractivity contribution in [2.24, 2.45) is 0 Å². The maximum absolute atomic E-state index is 14.0. The lowest BCUT2D eigenvalue weighted by Crippen LogP contribution is -2.57. The zero-order valence-corrected chi connectivity index (χ0v) is 22.4. The lowest BCUT2D eigenvalue weighted by Gasteiger charge is -2.43. The van der Waals surface area contributed by atoms with E-state index in [9.17, 15) is 35.9 Å². The van der Waals surface area contributed by atoms with Gasteiger partial charge in [0.15, 0.2) is 5.82 Å². The highest BCUT2D eigenvalue weighted by Gasteiger charge is 2.55. The van der Waals surface area contributed by atoms with E-state index in [2.05, 4.69) is 4.98 Å². The van der Waals surface area contributed by atoms with Crippen molar-refractivity contribution in [3.05, 3.63) is 87.5 Å². The number of alkyl halides is 6. The van der Waals surface area contributed by atoms with Crippen LogP contribution in [0.4, 0.5) is 37.8 Å². The van der Waals surface area contributed by atoms with Crippen molar-refractivity contribution in [2.45, 2.75) is 30.7 Å². The first kappa shape index (κ1) is 29.0. The van der Waals surface area contributed by atoms with E-state index in [0.717, 1.165) is 4.90 Å². The van der Waals surface area contributed by atoms with Crippen molar-refractivity contribution < 1.29 is 35.9 Å². The molecular formula is C27H20Cl2F6N4O2. The van der Waals surface area contributed by atoms with Crippen LogP contribution in [0.1, 0.15) is 34.3 Å². The molecule has 2 saturated heterocycles. The Kier molecular flexibility index (Phi) is 7.35. The van der Waals surface area contributed by atoms with Gasteiger partial charge in [-0.25, -0.2) is 4.98 Å². The maximum atomic E-state index is 14.0. The van der Waals surface area contributed by atoms with Gasteiger partial charge in [-0.3, -0.25) is 14.5 Å². The van der Waals surface area contributed by atoms with Crippen molar-refractivity contribution in [1.29, 1.82) is 0 Å². The van der Waals surface area contributed by atoms with Crippen LogP contribution in [0.2, 0.25) is 10.0 Å². The van der Waals surface area contributed by atoms with Crippen LogP contribution in [0.15, 0.2) is 60.8 Å². The molecule has 2 aliphatic rings. The van der Waals surface area contributed by atoms with Gasteiger partial charge in [0.1, 0.15) is 12.2 Å². The first-order valence-electron chi connectivity index (χ1n) is 12.3. The minimum Gasteiger partial charge on any atom is -0.338 e. The fourth-order valence-electron chi connectivity index (χ4n) is 5.24. The number of hydrogen-bond acceptors (Lipinski definition) is 4. The summed E-state index contributed by atoms with van der Waals surface area (Å²) >= 11 is 12.3. The van der Waals surface area contributed by atoms with Crippen LogP contribution in [0, 0.1) is 0 Å². The number of para-hydroxylation sites is 1. The molecule has 2 amide bonds. The van der Waals surface area contributed by atoms with Gasteiger partial charge in [0.2, 0.25) is 0 Å². The monoisotopic (exact) mass is 616 g/mol. The van der Waals surface area contributed by atoms with Crippen LogP contribution in [0.5, 0.6) is 0 Å². The third-order valence-corrected chi connectivity index (χ3v) is 7.75. The highest BCUT2D eigenvalue weighted by Crippen LogP contribution is 2.43. The number of likely N-dealkylation sites (tertiary alicyclic amines) is 1. The second kappa shape index (κ2) is 10.4. The quantitative estimate of drug-likeness (QED) is 0.300. The van der Waals surface area contributed by atoms with Gasteiger partial charge < -0.3 is 9.80 Å². The summed E-state index contributed by atoms with van der Waals surface area (Å²) in [6.07, 6.45) is -8.72. The van der Waals surface area contributed by atoms with Crippen molar-refractivity contribution in [3.63, 3.8) is 0 Å². The molecule has 1 spiro atoms. The Labute approximate surface area is 240 Å². The predicted octanol–water partition coefficient (Wildman–Crippen LogP) is 6.91. The van der Waals surface area contributed by atoms with Gasteiger partial charge in [0, 0.05) is 30.5 Å². The Morgan fingerprint density at radius 3 is 2.00 bits per heavy atom. The molecule has 3 heterocycles. The Morgan fingerprint density at radius 2 is 1.46 bits per heavy atom. The third-order valence-electron chi connectivity index (χ3n) is 7.27. The van der Waals surface area contributed by atoms with E-state index in [1.807, 2.05) is 4.90 Å². The number of aromatic nitrogens is 1. The second-order valence-corrected chi connectivity index (χ2v) is 10.6. The third kappa shape index (κ3) is 5.42. The molecule has 3 aromatic rings. The summed E-state index contributed by atoms with van der Waals surface area (Å²) in [5, 5.41) is 0.420. The lowest BCUT2D eigenvalue weighted by atomic mass is 9.85. The summed E-state index contributed by atoms with van der Waals surface area (Å²) in [5.74, 6) is -1.17. The number of rotatable bonds is 3. The molecule has 6 nitrogen and oxygen atoms in total. The molecule has 0 atom stereocenters. The van der Waals surface area contributed by atoms with E-state index < -0.39 is 40.5 Å². The fraction of sp³-hybridized carbons (Fsp3) is 0.296. The van der Waals surface area contributed by atoms with Crippen LogP contribution in [0.25, 0.3) is 0 Å². The number of halogens is 8. The average Bonchev–Trinajstić information content (AvgIpc) is 3.19. The largest absolute Gasteiger partial charge is 0.416 e. The second-order valence-electron chi connectivity index (χ2n) is 9.72. The van der Waals surface area contributed by atoms with Crippen LogP contribution >= 0.6 is 23.2 Å². The van der Waals surface area contributed by atoms with Crippen LogP contribution < -0.4 is 9.80 Å². The topological polar surface area (TPSA) is 56.8 Å². The Bertz CT molecular complexity index is 1460. The molecule has 2 aliphatic heterocycles. The Hall–Kier alpha value is -3.51. The van der Waals surface area contributed by atoms with E-state index in [-0.39, 0.29) is 60.4 Å². The first-order valence-corrected chi connectivity index (χ1v) is 13.0. The number of carbonyl (C=O) groups is 2. The molecule has 41 heavy (non-hydrogen) atoms. The minimum absolute atomic E-state index is 0.0264. The van der Waals surface area contributed by atoms with E-state index in [1.54, 1.807) is 30.3 Å². The summed E-state index contributed by atoms with van der Waals surface area (Å²) in [7, 11) is 0. The molecule has 5 rings (SSSR count). The Morgan fingerprint density at radius 1 is 0.878 bits per heavy atom. The number of pyridine rings is 1. The van der Waals surface area contributed by atoms with Crippen molar-refractivity contribution in [3.8, 4) is 0 Å². The number of carbonyl (C=O) groups excluding carboxylic acids is 2. The molecule has 1 aromatic heterocycles. The maximum Gasteiger partial charge on any atom is 0.416 e.